The Morgan fingerprint density at radius 2 is 1.85 bits per heavy atom. The minimum Gasteiger partial charge on any atom is -0.482 e. The van der Waals surface area contributed by atoms with Crippen LogP contribution in [0.5, 0.6) is 5.75 Å². The Kier molecular flexibility index (Phi) is 8.21. The van der Waals surface area contributed by atoms with E-state index in [0.717, 1.165) is 63.0 Å². The van der Waals surface area contributed by atoms with Gasteiger partial charge in [0.15, 0.2) is 22.5 Å². The molecule has 41 heavy (non-hydrogen) atoms. The van der Waals surface area contributed by atoms with Gasteiger partial charge in [0.05, 0.1) is 18.1 Å². The molecule has 1 aliphatic carbocycles. The summed E-state index contributed by atoms with van der Waals surface area (Å²) in [5.41, 5.74) is 0.824. The highest BCUT2D eigenvalue weighted by atomic mass is 32.2. The van der Waals surface area contributed by atoms with Gasteiger partial charge in [-0.25, -0.2) is 13.5 Å². The fraction of sp³-hybridized carbons (Fsp3) is 0.429. The van der Waals surface area contributed by atoms with Gasteiger partial charge < -0.3 is 9.64 Å². The minimum absolute atomic E-state index is 0.00304. The van der Waals surface area contributed by atoms with Crippen LogP contribution in [0.25, 0.3) is 16.9 Å². The SMILES string of the molecule is O=C(Cn1cc(-c2cc(F)c(OCc3nnc(SC4CCCC4)n3-c3cccnc3)cc2F)nn1)N1CCCCC1. The first-order valence-electron chi connectivity index (χ1n) is 13.9. The third-order valence-corrected chi connectivity index (χ3v) is 8.66. The Labute approximate surface area is 240 Å². The van der Waals surface area contributed by atoms with Gasteiger partial charge in [-0.3, -0.25) is 14.3 Å². The van der Waals surface area contributed by atoms with E-state index in [2.05, 4.69) is 25.5 Å². The highest BCUT2D eigenvalue weighted by Gasteiger charge is 2.23. The van der Waals surface area contributed by atoms with Crippen molar-refractivity contribution < 1.29 is 18.3 Å². The first-order chi connectivity index (χ1) is 20.0. The van der Waals surface area contributed by atoms with Gasteiger partial charge in [-0.15, -0.1) is 15.3 Å². The number of hydrogen-bond donors (Lipinski definition) is 0. The molecule has 4 aromatic rings. The molecule has 0 unspecified atom stereocenters. The maximum Gasteiger partial charge on any atom is 0.244 e. The molecule has 2 aliphatic rings. The zero-order valence-electron chi connectivity index (χ0n) is 22.5. The molecule has 3 aromatic heterocycles. The van der Waals surface area contributed by atoms with Crippen molar-refractivity contribution in [3.63, 3.8) is 0 Å². The number of rotatable bonds is 9. The molecule has 0 radical (unpaired) electrons. The summed E-state index contributed by atoms with van der Waals surface area (Å²) in [5, 5.41) is 17.8. The van der Waals surface area contributed by atoms with Crippen LogP contribution >= 0.6 is 11.8 Å². The Balaban J connectivity index is 1.17. The van der Waals surface area contributed by atoms with Crippen LogP contribution in [0, 0.1) is 11.6 Å². The molecule has 13 heteroatoms. The fourth-order valence-electron chi connectivity index (χ4n) is 5.23. The van der Waals surface area contributed by atoms with E-state index in [-0.39, 0.29) is 36.1 Å². The van der Waals surface area contributed by atoms with Crippen molar-refractivity contribution in [2.45, 2.75) is 68.5 Å². The second kappa shape index (κ2) is 12.3. The molecule has 214 valence electrons. The van der Waals surface area contributed by atoms with E-state index in [1.807, 2.05) is 16.7 Å². The zero-order chi connectivity index (χ0) is 28.2. The molecular weight excluding hydrogens is 550 g/mol. The average Bonchev–Trinajstić information content (AvgIpc) is 3.77. The second-order valence-electron chi connectivity index (χ2n) is 10.3. The summed E-state index contributed by atoms with van der Waals surface area (Å²) in [7, 11) is 0. The van der Waals surface area contributed by atoms with Gasteiger partial charge in [0, 0.05) is 36.2 Å². The van der Waals surface area contributed by atoms with Crippen molar-refractivity contribution >= 4 is 17.7 Å². The Hall–Kier alpha value is -3.87. The summed E-state index contributed by atoms with van der Waals surface area (Å²) >= 11 is 1.67. The number of piperidine rings is 1. The summed E-state index contributed by atoms with van der Waals surface area (Å²) in [6.45, 7) is 1.32. The molecular formula is C28H30F2N8O2S. The first kappa shape index (κ1) is 27.3. The quantitative estimate of drug-likeness (QED) is 0.278. The average molecular weight is 581 g/mol. The largest absolute Gasteiger partial charge is 0.482 e. The number of thioether (sulfide) groups is 1. The van der Waals surface area contributed by atoms with Gasteiger partial charge in [-0.1, -0.05) is 29.8 Å². The molecule has 0 spiro atoms. The lowest BCUT2D eigenvalue weighted by atomic mass is 10.1. The Morgan fingerprint density at radius 3 is 2.63 bits per heavy atom. The number of halogens is 2. The van der Waals surface area contributed by atoms with Gasteiger partial charge in [0.1, 0.15) is 24.7 Å². The number of pyridine rings is 1. The van der Waals surface area contributed by atoms with Crippen LogP contribution in [-0.2, 0) is 17.9 Å². The zero-order valence-corrected chi connectivity index (χ0v) is 23.3. The summed E-state index contributed by atoms with van der Waals surface area (Å²) < 4.78 is 39.2. The lowest BCUT2D eigenvalue weighted by Gasteiger charge is -2.26. The van der Waals surface area contributed by atoms with Gasteiger partial charge in [0.25, 0.3) is 0 Å². The van der Waals surface area contributed by atoms with Crippen molar-refractivity contribution in [2.24, 2.45) is 0 Å². The molecule has 1 saturated carbocycles. The fourth-order valence-corrected chi connectivity index (χ4v) is 6.50. The maximum absolute atomic E-state index is 15.1. The van der Waals surface area contributed by atoms with E-state index >= 15 is 8.78 Å². The van der Waals surface area contributed by atoms with Crippen LogP contribution < -0.4 is 4.74 Å². The van der Waals surface area contributed by atoms with Crippen LogP contribution in [0.3, 0.4) is 0 Å². The van der Waals surface area contributed by atoms with E-state index < -0.39 is 11.6 Å². The molecule has 6 rings (SSSR count). The number of nitrogens with zero attached hydrogens (tertiary/aromatic N) is 8. The molecule has 0 atom stereocenters. The number of likely N-dealkylation sites (tertiary alicyclic amines) is 1. The second-order valence-corrected chi connectivity index (χ2v) is 11.5. The van der Waals surface area contributed by atoms with Crippen LogP contribution in [-0.4, -0.2) is 63.9 Å². The van der Waals surface area contributed by atoms with E-state index in [4.69, 9.17) is 4.74 Å². The van der Waals surface area contributed by atoms with Crippen molar-refractivity contribution in [2.75, 3.05) is 13.1 Å². The highest BCUT2D eigenvalue weighted by Crippen LogP contribution is 2.35. The van der Waals surface area contributed by atoms with Crippen LogP contribution in [0.2, 0.25) is 0 Å². The van der Waals surface area contributed by atoms with Crippen molar-refractivity contribution in [3.8, 4) is 22.7 Å². The first-order valence-corrected chi connectivity index (χ1v) is 14.7. The predicted molar refractivity (Wildman–Crippen MR) is 147 cm³/mol. The van der Waals surface area contributed by atoms with E-state index in [1.54, 1.807) is 29.1 Å². The molecule has 1 aromatic carbocycles. The van der Waals surface area contributed by atoms with Crippen molar-refractivity contribution in [3.05, 3.63) is 60.3 Å². The van der Waals surface area contributed by atoms with E-state index in [9.17, 15) is 4.79 Å². The molecule has 1 amide bonds. The molecule has 0 N–H and O–H groups in total. The summed E-state index contributed by atoms with van der Waals surface area (Å²) in [6, 6.07) is 5.72. The number of amides is 1. The lowest BCUT2D eigenvalue weighted by molar-refractivity contribution is -0.132. The predicted octanol–water partition coefficient (Wildman–Crippen LogP) is 4.83. The monoisotopic (exact) mass is 580 g/mol. The van der Waals surface area contributed by atoms with Crippen molar-refractivity contribution in [1.82, 2.24) is 39.6 Å². The molecule has 1 aliphatic heterocycles. The molecule has 1 saturated heterocycles. The Morgan fingerprint density at radius 1 is 1.02 bits per heavy atom. The smallest absolute Gasteiger partial charge is 0.244 e. The summed E-state index contributed by atoms with van der Waals surface area (Å²) in [4.78, 5) is 18.5. The van der Waals surface area contributed by atoms with Gasteiger partial charge in [-0.05, 0) is 50.3 Å². The maximum atomic E-state index is 15.1. The normalized spacial score (nSPS) is 15.9. The van der Waals surface area contributed by atoms with Crippen molar-refractivity contribution in [1.29, 1.82) is 0 Å². The number of aromatic nitrogens is 7. The topological polar surface area (TPSA) is 104 Å². The molecule has 10 nitrogen and oxygen atoms in total. The van der Waals surface area contributed by atoms with E-state index in [0.29, 0.717) is 16.2 Å². The number of benzene rings is 1. The third kappa shape index (κ3) is 6.24. The van der Waals surface area contributed by atoms with Gasteiger partial charge >= 0.3 is 0 Å². The standard InChI is InChI=1S/C28H30F2N8O2S/c29-22-14-25(23(30)13-21(22)24-16-37(35-32-24)17-27(39)36-11-4-1-5-12-36)40-18-26-33-34-28(41-20-8-2-3-9-20)38(26)19-7-6-10-31-15-19/h6-7,10,13-16,20H,1-5,8-9,11-12,17-18H2. The molecule has 4 heterocycles. The van der Waals surface area contributed by atoms with Crippen LogP contribution in [0.15, 0.2) is 48.0 Å². The molecule has 0 bridgehead atoms. The lowest BCUT2D eigenvalue weighted by Crippen LogP contribution is -2.37. The van der Waals surface area contributed by atoms with Crippen LogP contribution in [0.4, 0.5) is 8.78 Å². The summed E-state index contributed by atoms with van der Waals surface area (Å²) in [5.74, 6) is -1.36. The number of hydrogen-bond acceptors (Lipinski definition) is 8. The van der Waals surface area contributed by atoms with Gasteiger partial charge in [0.2, 0.25) is 5.91 Å². The van der Waals surface area contributed by atoms with Crippen LogP contribution in [0.1, 0.15) is 50.8 Å². The van der Waals surface area contributed by atoms with Gasteiger partial charge in [-0.2, -0.15) is 0 Å². The summed E-state index contributed by atoms with van der Waals surface area (Å²) in [6.07, 6.45) is 12.5. The minimum atomic E-state index is -0.756. The third-order valence-electron chi connectivity index (χ3n) is 7.38. The Bertz CT molecular complexity index is 1500. The number of carbonyl (C=O) groups excluding carboxylic acids is 1. The number of carbonyl (C=O) groups is 1. The highest BCUT2D eigenvalue weighted by molar-refractivity contribution is 7.99. The van der Waals surface area contributed by atoms with E-state index in [1.165, 1.54) is 23.7 Å². The molecule has 2 fully saturated rings. The number of ether oxygens (including phenoxy) is 1.